The van der Waals surface area contributed by atoms with Crippen LogP contribution < -0.4 is 10.1 Å². The van der Waals surface area contributed by atoms with Crippen LogP contribution in [0.5, 0.6) is 5.75 Å². The molecule has 7 heteroatoms. The molecule has 0 aliphatic carbocycles. The smallest absolute Gasteiger partial charge is 0.276 e. The average molecular weight is 510 g/mol. The molecule has 0 bridgehead atoms. The summed E-state index contributed by atoms with van der Waals surface area (Å²) in [4.78, 5) is 17.9. The number of nitrogens with zero attached hydrogens (tertiary/aromatic N) is 2. The number of amides is 1. The van der Waals surface area contributed by atoms with E-state index in [2.05, 4.69) is 10.3 Å². The Kier molecular flexibility index (Phi) is 6.94. The highest BCUT2D eigenvalue weighted by atomic mass is 19.1. The Bertz CT molecular complexity index is 1560. The molecular weight excluding hydrogens is 481 g/mol. The highest BCUT2D eigenvalue weighted by Gasteiger charge is 2.27. The van der Waals surface area contributed by atoms with Crippen molar-refractivity contribution in [2.45, 2.75) is 32.6 Å². The maximum atomic E-state index is 13.8. The van der Waals surface area contributed by atoms with Crippen LogP contribution in [0, 0.1) is 5.82 Å². The predicted octanol–water partition coefficient (Wildman–Crippen LogP) is 6.28. The van der Waals surface area contributed by atoms with Crippen molar-refractivity contribution in [3.8, 4) is 5.75 Å². The van der Waals surface area contributed by atoms with Gasteiger partial charge in [0.1, 0.15) is 12.4 Å². The summed E-state index contributed by atoms with van der Waals surface area (Å²) in [5, 5.41) is 14.4. The van der Waals surface area contributed by atoms with Crippen LogP contribution in [-0.4, -0.2) is 20.6 Å². The maximum absolute atomic E-state index is 13.8. The Hall–Kier alpha value is -4.49. The number of hydrogen-bond donors (Lipinski definition) is 2. The normalized spacial score (nSPS) is 11.5. The highest BCUT2D eigenvalue weighted by Crippen LogP contribution is 2.37. The van der Waals surface area contributed by atoms with Crippen LogP contribution in [0.25, 0.3) is 10.9 Å². The molecule has 0 spiro atoms. The molecule has 0 aliphatic heterocycles. The lowest BCUT2D eigenvalue weighted by Crippen LogP contribution is -2.19. The molecule has 192 valence electrons. The minimum atomic E-state index is -1.09. The first-order chi connectivity index (χ1) is 18.3. The van der Waals surface area contributed by atoms with Crippen LogP contribution in [0.1, 0.15) is 41.0 Å². The average Bonchev–Trinajstić information content (AvgIpc) is 3.22. The Labute approximate surface area is 220 Å². The molecule has 0 aliphatic rings. The van der Waals surface area contributed by atoms with E-state index in [0.29, 0.717) is 28.2 Å². The van der Waals surface area contributed by atoms with Gasteiger partial charge in [0.2, 0.25) is 0 Å². The van der Waals surface area contributed by atoms with Gasteiger partial charge in [0.05, 0.1) is 23.0 Å². The van der Waals surface area contributed by atoms with Gasteiger partial charge in [-0.05, 0) is 66.9 Å². The third kappa shape index (κ3) is 5.43. The Morgan fingerprint density at radius 3 is 2.45 bits per heavy atom. The molecule has 0 saturated carbocycles. The van der Waals surface area contributed by atoms with Gasteiger partial charge >= 0.3 is 0 Å². The van der Waals surface area contributed by atoms with Gasteiger partial charge in [-0.15, -0.1) is 0 Å². The number of ether oxygens (including phenoxy) is 1. The van der Waals surface area contributed by atoms with Crippen molar-refractivity contribution in [3.63, 3.8) is 0 Å². The number of anilines is 1. The van der Waals surface area contributed by atoms with Crippen LogP contribution in [0.4, 0.5) is 10.1 Å². The van der Waals surface area contributed by atoms with Gasteiger partial charge in [-0.1, -0.05) is 48.5 Å². The minimum Gasteiger partial charge on any atom is -0.486 e. The third-order valence-corrected chi connectivity index (χ3v) is 6.34. The van der Waals surface area contributed by atoms with Crippen molar-refractivity contribution in [3.05, 3.63) is 126 Å². The summed E-state index contributed by atoms with van der Waals surface area (Å²) in [5.74, 6) is -0.282. The number of halogens is 1. The van der Waals surface area contributed by atoms with Crippen molar-refractivity contribution in [1.29, 1.82) is 0 Å². The maximum Gasteiger partial charge on any atom is 0.276 e. The first kappa shape index (κ1) is 25.2. The summed E-state index contributed by atoms with van der Waals surface area (Å²) in [6, 6.07) is 25.0. The Morgan fingerprint density at radius 2 is 1.76 bits per heavy atom. The number of pyridine rings is 1. The number of carbonyl (C=O) groups excluding carboxylic acids is 1. The van der Waals surface area contributed by atoms with Gasteiger partial charge in [-0.25, -0.2) is 4.39 Å². The quantitative estimate of drug-likeness (QED) is 0.258. The molecule has 2 heterocycles. The summed E-state index contributed by atoms with van der Waals surface area (Å²) >= 11 is 0. The van der Waals surface area contributed by atoms with Gasteiger partial charge in [0.15, 0.2) is 11.4 Å². The minimum absolute atomic E-state index is 0.261. The van der Waals surface area contributed by atoms with E-state index in [1.807, 2.05) is 53.1 Å². The zero-order valence-electron chi connectivity index (χ0n) is 21.2. The third-order valence-electron chi connectivity index (χ3n) is 6.34. The zero-order chi connectivity index (χ0) is 26.7. The van der Waals surface area contributed by atoms with E-state index >= 15 is 0 Å². The highest BCUT2D eigenvalue weighted by molar-refractivity contribution is 6.10. The SMILES string of the molecule is CC(C)(O)c1ccc2c(OCc3ccccc3)c(C(=O)Nc3cccnc3)n(Cc3ccc(F)cc3)c2c1. The standard InChI is InChI=1S/C31H28FN3O3/c1-31(2,37)23-12-15-26-27(17-23)35(19-21-10-13-24(32)14-11-21)28(30(36)34-25-9-6-16-33-18-25)29(26)38-20-22-7-4-3-5-8-22/h3-18,37H,19-20H2,1-2H3,(H,34,36). The van der Waals surface area contributed by atoms with Crippen molar-refractivity contribution >= 4 is 22.5 Å². The van der Waals surface area contributed by atoms with E-state index in [-0.39, 0.29) is 24.9 Å². The molecule has 0 fully saturated rings. The summed E-state index contributed by atoms with van der Waals surface area (Å²) in [7, 11) is 0. The lowest BCUT2D eigenvalue weighted by molar-refractivity contribution is 0.0787. The lowest BCUT2D eigenvalue weighted by atomic mass is 9.97. The van der Waals surface area contributed by atoms with Crippen molar-refractivity contribution in [2.24, 2.45) is 0 Å². The number of nitrogens with one attached hydrogen (secondary N) is 1. The summed E-state index contributed by atoms with van der Waals surface area (Å²) in [6.45, 7) is 3.97. The first-order valence-electron chi connectivity index (χ1n) is 12.3. The fourth-order valence-corrected chi connectivity index (χ4v) is 4.36. The number of carbonyl (C=O) groups is 1. The zero-order valence-corrected chi connectivity index (χ0v) is 21.2. The van der Waals surface area contributed by atoms with Gasteiger partial charge in [0.25, 0.3) is 5.91 Å². The first-order valence-corrected chi connectivity index (χ1v) is 12.3. The predicted molar refractivity (Wildman–Crippen MR) is 146 cm³/mol. The fraction of sp³-hybridized carbons (Fsp3) is 0.161. The second kappa shape index (κ2) is 10.5. The number of rotatable bonds is 8. The van der Waals surface area contributed by atoms with Crippen LogP contribution in [-0.2, 0) is 18.8 Å². The largest absolute Gasteiger partial charge is 0.486 e. The second-order valence-corrected chi connectivity index (χ2v) is 9.65. The van der Waals surface area contributed by atoms with Gasteiger partial charge in [0, 0.05) is 18.1 Å². The molecule has 5 rings (SSSR count). The summed E-state index contributed by atoms with van der Waals surface area (Å²) < 4.78 is 21.8. The number of hydrogen-bond acceptors (Lipinski definition) is 4. The van der Waals surface area contributed by atoms with Crippen LogP contribution in [0.15, 0.2) is 97.3 Å². The molecule has 0 atom stereocenters. The molecule has 1 amide bonds. The number of fused-ring (bicyclic) bond motifs is 1. The van der Waals surface area contributed by atoms with E-state index in [0.717, 1.165) is 16.5 Å². The topological polar surface area (TPSA) is 76.4 Å². The van der Waals surface area contributed by atoms with Crippen molar-refractivity contribution in [1.82, 2.24) is 9.55 Å². The van der Waals surface area contributed by atoms with Crippen LogP contribution >= 0.6 is 0 Å². The monoisotopic (exact) mass is 509 g/mol. The van der Waals surface area contributed by atoms with Crippen molar-refractivity contribution in [2.75, 3.05) is 5.32 Å². The molecular formula is C31H28FN3O3. The van der Waals surface area contributed by atoms with E-state index in [1.54, 1.807) is 50.5 Å². The molecule has 0 unspecified atom stereocenters. The van der Waals surface area contributed by atoms with E-state index in [4.69, 9.17) is 4.74 Å². The molecule has 38 heavy (non-hydrogen) atoms. The Balaban J connectivity index is 1.68. The molecule has 6 nitrogen and oxygen atoms in total. The number of benzene rings is 3. The fourth-order valence-electron chi connectivity index (χ4n) is 4.36. The van der Waals surface area contributed by atoms with Gasteiger partial charge < -0.3 is 19.7 Å². The summed E-state index contributed by atoms with van der Waals surface area (Å²) in [6.07, 6.45) is 3.20. The van der Waals surface area contributed by atoms with Gasteiger partial charge in [-0.3, -0.25) is 9.78 Å². The summed E-state index contributed by atoms with van der Waals surface area (Å²) in [5.41, 5.74) is 2.94. The molecule has 2 N–H and O–H groups in total. The van der Waals surface area contributed by atoms with E-state index in [9.17, 15) is 14.3 Å². The van der Waals surface area contributed by atoms with E-state index < -0.39 is 5.60 Å². The molecule has 3 aromatic carbocycles. The van der Waals surface area contributed by atoms with Crippen molar-refractivity contribution < 1.29 is 19.0 Å². The van der Waals surface area contributed by atoms with Crippen LogP contribution in [0.2, 0.25) is 0 Å². The lowest BCUT2D eigenvalue weighted by Gasteiger charge is -2.18. The van der Waals surface area contributed by atoms with Gasteiger partial charge in [-0.2, -0.15) is 0 Å². The second-order valence-electron chi connectivity index (χ2n) is 9.65. The molecule has 5 aromatic rings. The Morgan fingerprint density at radius 1 is 1.00 bits per heavy atom. The molecule has 0 saturated heterocycles. The number of aliphatic hydroxyl groups is 1. The van der Waals surface area contributed by atoms with Crippen LogP contribution in [0.3, 0.4) is 0 Å². The number of aromatic nitrogens is 2. The van der Waals surface area contributed by atoms with E-state index in [1.165, 1.54) is 12.1 Å². The molecule has 2 aromatic heterocycles. The molecule has 0 radical (unpaired) electrons.